The van der Waals surface area contributed by atoms with E-state index >= 15 is 0 Å². The monoisotopic (exact) mass is 247 g/mol. The molecule has 2 aromatic heterocycles. The molecule has 3 nitrogen and oxygen atoms in total. The van der Waals surface area contributed by atoms with Crippen LogP contribution in [0.5, 0.6) is 0 Å². The van der Waals surface area contributed by atoms with Crippen LogP contribution in [0, 0.1) is 5.92 Å². The Morgan fingerprint density at radius 2 is 2.47 bits per heavy atom. The molecule has 0 spiro atoms. The van der Waals surface area contributed by atoms with E-state index in [0.29, 0.717) is 6.04 Å². The van der Waals surface area contributed by atoms with Crippen molar-refractivity contribution < 1.29 is 0 Å². The quantitative estimate of drug-likeness (QED) is 0.886. The average molecular weight is 247 g/mol. The van der Waals surface area contributed by atoms with Crippen molar-refractivity contribution in [2.45, 2.75) is 32.2 Å². The Morgan fingerprint density at radius 3 is 3.29 bits per heavy atom. The first kappa shape index (κ1) is 11.1. The highest BCUT2D eigenvalue weighted by molar-refractivity contribution is 7.18. The highest BCUT2D eigenvalue weighted by Crippen LogP contribution is 2.32. The van der Waals surface area contributed by atoms with E-state index in [9.17, 15) is 0 Å². The number of pyridine rings is 1. The van der Waals surface area contributed by atoms with Gasteiger partial charge in [-0.1, -0.05) is 24.7 Å². The minimum Gasteiger partial charge on any atom is -0.308 e. The van der Waals surface area contributed by atoms with Gasteiger partial charge in [-0.3, -0.25) is 0 Å². The molecule has 0 saturated carbocycles. The van der Waals surface area contributed by atoms with E-state index in [2.05, 4.69) is 17.2 Å². The zero-order chi connectivity index (χ0) is 11.7. The molecule has 3 heterocycles. The molecule has 2 atom stereocenters. The summed E-state index contributed by atoms with van der Waals surface area (Å²) in [6, 6.07) is 4.44. The molecular formula is C13H17N3S. The standard InChI is InChI=1S/C13H17N3S/c1-2-9-5-7-14-11(8-9)13-16-10-4-3-6-15-12(10)17-13/h3-4,6,9,11,14H,2,5,7-8H2,1H3. The van der Waals surface area contributed by atoms with Crippen LogP contribution >= 0.6 is 11.3 Å². The Bertz CT molecular complexity index is 475. The molecule has 1 fully saturated rings. The number of piperidine rings is 1. The Balaban J connectivity index is 1.87. The Labute approximate surface area is 105 Å². The maximum absolute atomic E-state index is 4.70. The van der Waals surface area contributed by atoms with Gasteiger partial charge in [0.25, 0.3) is 0 Å². The van der Waals surface area contributed by atoms with E-state index in [-0.39, 0.29) is 0 Å². The molecular weight excluding hydrogens is 230 g/mol. The van der Waals surface area contributed by atoms with Gasteiger partial charge in [0.1, 0.15) is 15.4 Å². The van der Waals surface area contributed by atoms with Crippen molar-refractivity contribution >= 4 is 21.7 Å². The predicted molar refractivity (Wildman–Crippen MR) is 71.2 cm³/mol. The van der Waals surface area contributed by atoms with Gasteiger partial charge in [0.05, 0.1) is 6.04 Å². The van der Waals surface area contributed by atoms with Crippen molar-refractivity contribution in [2.75, 3.05) is 6.54 Å². The zero-order valence-electron chi connectivity index (χ0n) is 10.0. The summed E-state index contributed by atoms with van der Waals surface area (Å²) in [6.07, 6.45) is 5.64. The van der Waals surface area contributed by atoms with Crippen LogP contribution in [0.4, 0.5) is 0 Å². The molecule has 1 saturated heterocycles. The summed E-state index contributed by atoms with van der Waals surface area (Å²) in [4.78, 5) is 10.1. The van der Waals surface area contributed by atoms with Crippen LogP contribution in [0.2, 0.25) is 0 Å². The van der Waals surface area contributed by atoms with E-state index in [1.54, 1.807) is 11.3 Å². The fourth-order valence-electron chi connectivity index (χ4n) is 2.49. The lowest BCUT2D eigenvalue weighted by atomic mass is 9.91. The number of nitrogens with zero attached hydrogens (tertiary/aromatic N) is 2. The molecule has 90 valence electrons. The van der Waals surface area contributed by atoms with Gasteiger partial charge in [0, 0.05) is 6.20 Å². The lowest BCUT2D eigenvalue weighted by Gasteiger charge is -2.28. The number of aromatic nitrogens is 2. The SMILES string of the molecule is CCC1CCNC(c2nc3cccnc3s2)C1. The van der Waals surface area contributed by atoms with Gasteiger partial charge in [0.2, 0.25) is 0 Å². The number of hydrogen-bond acceptors (Lipinski definition) is 4. The van der Waals surface area contributed by atoms with Gasteiger partial charge in [-0.25, -0.2) is 9.97 Å². The van der Waals surface area contributed by atoms with Crippen LogP contribution in [0.1, 0.15) is 37.2 Å². The van der Waals surface area contributed by atoms with E-state index in [0.717, 1.165) is 22.8 Å². The van der Waals surface area contributed by atoms with Crippen molar-refractivity contribution in [3.8, 4) is 0 Å². The maximum atomic E-state index is 4.70. The molecule has 1 aliphatic heterocycles. The largest absolute Gasteiger partial charge is 0.308 e. The molecule has 1 N–H and O–H groups in total. The molecule has 17 heavy (non-hydrogen) atoms. The maximum Gasteiger partial charge on any atom is 0.143 e. The smallest absolute Gasteiger partial charge is 0.143 e. The van der Waals surface area contributed by atoms with Gasteiger partial charge in [-0.15, -0.1) is 0 Å². The lowest BCUT2D eigenvalue weighted by Crippen LogP contribution is -2.31. The average Bonchev–Trinajstić information content (AvgIpc) is 2.82. The third-order valence-electron chi connectivity index (χ3n) is 3.57. The normalized spacial score (nSPS) is 25.2. The number of thiazole rings is 1. The van der Waals surface area contributed by atoms with Crippen molar-refractivity contribution in [1.82, 2.24) is 15.3 Å². The molecule has 1 aliphatic rings. The van der Waals surface area contributed by atoms with Gasteiger partial charge in [-0.05, 0) is 37.4 Å². The molecule has 4 heteroatoms. The topological polar surface area (TPSA) is 37.8 Å². The van der Waals surface area contributed by atoms with Crippen LogP contribution in [0.25, 0.3) is 10.3 Å². The van der Waals surface area contributed by atoms with Crippen LogP contribution in [-0.4, -0.2) is 16.5 Å². The van der Waals surface area contributed by atoms with Crippen LogP contribution in [0.3, 0.4) is 0 Å². The third kappa shape index (κ3) is 2.19. The van der Waals surface area contributed by atoms with Crippen LogP contribution in [0.15, 0.2) is 18.3 Å². The van der Waals surface area contributed by atoms with Gasteiger partial charge >= 0.3 is 0 Å². The van der Waals surface area contributed by atoms with Crippen LogP contribution < -0.4 is 5.32 Å². The Morgan fingerprint density at radius 1 is 1.53 bits per heavy atom. The fraction of sp³-hybridized carbons (Fsp3) is 0.538. The Hall–Kier alpha value is -1.00. The second-order valence-electron chi connectivity index (χ2n) is 4.69. The van der Waals surface area contributed by atoms with Gasteiger partial charge in [0.15, 0.2) is 0 Å². The minimum absolute atomic E-state index is 0.438. The van der Waals surface area contributed by atoms with Crippen molar-refractivity contribution in [3.05, 3.63) is 23.3 Å². The molecule has 3 rings (SSSR count). The summed E-state index contributed by atoms with van der Waals surface area (Å²) in [5, 5.41) is 4.79. The second-order valence-corrected chi connectivity index (χ2v) is 5.69. The molecule has 0 amide bonds. The van der Waals surface area contributed by atoms with Gasteiger partial charge in [-0.2, -0.15) is 0 Å². The van der Waals surface area contributed by atoms with Crippen molar-refractivity contribution in [2.24, 2.45) is 5.92 Å². The zero-order valence-corrected chi connectivity index (χ0v) is 10.8. The Kier molecular flexibility index (Phi) is 3.07. The van der Waals surface area contributed by atoms with Crippen molar-refractivity contribution in [3.63, 3.8) is 0 Å². The molecule has 0 bridgehead atoms. The summed E-state index contributed by atoms with van der Waals surface area (Å²) >= 11 is 1.73. The first-order valence-corrected chi connectivity index (χ1v) is 7.13. The number of hydrogen-bond donors (Lipinski definition) is 1. The fourth-order valence-corrected chi connectivity index (χ4v) is 3.49. The minimum atomic E-state index is 0.438. The number of rotatable bonds is 2. The summed E-state index contributed by atoms with van der Waals surface area (Å²) in [6.45, 7) is 3.40. The third-order valence-corrected chi connectivity index (χ3v) is 4.66. The molecule has 2 unspecified atom stereocenters. The summed E-state index contributed by atoms with van der Waals surface area (Å²) in [5.41, 5.74) is 1.04. The first-order chi connectivity index (χ1) is 8.36. The first-order valence-electron chi connectivity index (χ1n) is 6.31. The van der Waals surface area contributed by atoms with E-state index in [1.807, 2.05) is 18.3 Å². The van der Waals surface area contributed by atoms with Crippen LogP contribution in [-0.2, 0) is 0 Å². The lowest BCUT2D eigenvalue weighted by molar-refractivity contribution is 0.299. The summed E-state index contributed by atoms with van der Waals surface area (Å²) in [5.74, 6) is 0.848. The van der Waals surface area contributed by atoms with E-state index < -0.39 is 0 Å². The molecule has 0 aromatic carbocycles. The molecule has 0 aliphatic carbocycles. The molecule has 0 radical (unpaired) electrons. The van der Waals surface area contributed by atoms with Gasteiger partial charge < -0.3 is 5.32 Å². The highest BCUT2D eigenvalue weighted by atomic mass is 32.1. The summed E-state index contributed by atoms with van der Waals surface area (Å²) in [7, 11) is 0. The predicted octanol–water partition coefficient (Wildman–Crippen LogP) is 3.14. The number of nitrogens with one attached hydrogen (secondary N) is 1. The summed E-state index contributed by atoms with van der Waals surface area (Å²) < 4.78 is 0. The highest BCUT2D eigenvalue weighted by Gasteiger charge is 2.24. The second kappa shape index (κ2) is 4.70. The van der Waals surface area contributed by atoms with E-state index in [1.165, 1.54) is 24.3 Å². The van der Waals surface area contributed by atoms with Crippen molar-refractivity contribution in [1.29, 1.82) is 0 Å². The van der Waals surface area contributed by atoms with E-state index in [4.69, 9.17) is 4.98 Å². The number of fused-ring (bicyclic) bond motifs is 1. The molecule has 2 aromatic rings.